The number of fused-ring (bicyclic) bond motifs is 2. The molecule has 160 valence electrons. The van der Waals surface area contributed by atoms with E-state index in [9.17, 15) is 9.59 Å². The lowest BCUT2D eigenvalue weighted by molar-refractivity contribution is 0.107. The van der Waals surface area contributed by atoms with Crippen LogP contribution in [-0.2, 0) is 17.8 Å². The molecule has 0 amide bonds. The molecule has 5 rings (SSSR count). The van der Waals surface area contributed by atoms with Crippen molar-refractivity contribution >= 4 is 21.9 Å². The molecule has 4 aromatic rings. The van der Waals surface area contributed by atoms with Gasteiger partial charge in [-0.25, -0.2) is 4.79 Å². The van der Waals surface area contributed by atoms with Crippen molar-refractivity contribution in [3.63, 3.8) is 0 Å². The number of aromatic nitrogens is 4. The van der Waals surface area contributed by atoms with Crippen LogP contribution in [0.25, 0.3) is 21.9 Å². The minimum atomic E-state index is -0.263. The molecule has 2 aromatic carbocycles. The number of hydrogen-bond acceptors (Lipinski definition) is 4. The number of rotatable bonds is 7. The van der Waals surface area contributed by atoms with Crippen molar-refractivity contribution in [2.75, 3.05) is 7.11 Å². The summed E-state index contributed by atoms with van der Waals surface area (Å²) in [7, 11) is 1.69. The van der Waals surface area contributed by atoms with E-state index in [1.807, 2.05) is 54.0 Å². The Morgan fingerprint density at radius 1 is 1.00 bits per heavy atom. The highest BCUT2D eigenvalue weighted by Crippen LogP contribution is 2.36. The first kappa shape index (κ1) is 19.8. The van der Waals surface area contributed by atoms with Crippen LogP contribution in [0.15, 0.2) is 58.1 Å². The van der Waals surface area contributed by atoms with E-state index in [2.05, 4.69) is 9.55 Å². The monoisotopic (exact) mass is 418 g/mol. The van der Waals surface area contributed by atoms with E-state index in [0.29, 0.717) is 17.8 Å². The SMILES string of the molecule is COC(C)CCn1c(Cn2c(=O)n(C3CC3)c3ccccc32)nc(=O)c2ccccc21. The van der Waals surface area contributed by atoms with Crippen LogP contribution >= 0.6 is 0 Å². The highest BCUT2D eigenvalue weighted by atomic mass is 16.5. The van der Waals surface area contributed by atoms with Crippen LogP contribution in [-0.4, -0.2) is 31.9 Å². The maximum atomic E-state index is 13.3. The fourth-order valence-corrected chi connectivity index (χ4v) is 4.28. The molecule has 1 fully saturated rings. The van der Waals surface area contributed by atoms with Crippen molar-refractivity contribution < 1.29 is 4.74 Å². The van der Waals surface area contributed by atoms with E-state index >= 15 is 0 Å². The Morgan fingerprint density at radius 3 is 2.39 bits per heavy atom. The predicted octanol–water partition coefficient (Wildman–Crippen LogP) is 3.32. The average molecular weight is 418 g/mol. The number of benzene rings is 2. The Hall–Kier alpha value is -3.19. The summed E-state index contributed by atoms with van der Waals surface area (Å²) < 4.78 is 11.1. The molecule has 0 spiro atoms. The van der Waals surface area contributed by atoms with E-state index in [1.165, 1.54) is 0 Å². The smallest absolute Gasteiger partial charge is 0.329 e. The summed E-state index contributed by atoms with van der Waals surface area (Å²) in [4.78, 5) is 30.5. The summed E-state index contributed by atoms with van der Waals surface area (Å²) in [6, 6.07) is 15.6. The van der Waals surface area contributed by atoms with E-state index < -0.39 is 0 Å². The Morgan fingerprint density at radius 2 is 1.68 bits per heavy atom. The van der Waals surface area contributed by atoms with Crippen LogP contribution in [0.3, 0.4) is 0 Å². The van der Waals surface area contributed by atoms with Crippen LogP contribution in [0.2, 0.25) is 0 Å². The Balaban J connectivity index is 1.67. The van der Waals surface area contributed by atoms with Crippen molar-refractivity contribution in [3.8, 4) is 0 Å². The number of ether oxygens (including phenoxy) is 1. The molecule has 31 heavy (non-hydrogen) atoms. The van der Waals surface area contributed by atoms with Crippen LogP contribution in [0.4, 0.5) is 0 Å². The van der Waals surface area contributed by atoms with Gasteiger partial charge in [-0.2, -0.15) is 4.98 Å². The molecule has 0 N–H and O–H groups in total. The zero-order valence-corrected chi connectivity index (χ0v) is 17.8. The van der Waals surface area contributed by atoms with Crippen molar-refractivity contribution in [1.82, 2.24) is 18.7 Å². The predicted molar refractivity (Wildman–Crippen MR) is 121 cm³/mol. The third kappa shape index (κ3) is 3.49. The summed E-state index contributed by atoms with van der Waals surface area (Å²) >= 11 is 0. The maximum Gasteiger partial charge on any atom is 0.329 e. The summed E-state index contributed by atoms with van der Waals surface area (Å²) in [5.74, 6) is 0.591. The van der Waals surface area contributed by atoms with Gasteiger partial charge in [-0.15, -0.1) is 0 Å². The molecule has 1 unspecified atom stereocenters. The molecule has 1 aliphatic carbocycles. The highest BCUT2D eigenvalue weighted by molar-refractivity contribution is 5.78. The van der Waals surface area contributed by atoms with Gasteiger partial charge in [0.25, 0.3) is 5.56 Å². The van der Waals surface area contributed by atoms with Gasteiger partial charge in [0, 0.05) is 19.7 Å². The van der Waals surface area contributed by atoms with Crippen LogP contribution in [0, 0.1) is 0 Å². The summed E-state index contributed by atoms with van der Waals surface area (Å²) in [6.07, 6.45) is 2.91. The lowest BCUT2D eigenvalue weighted by atomic mass is 10.2. The molecule has 0 radical (unpaired) electrons. The standard InChI is InChI=1S/C24H26N4O3/c1-16(31-2)13-14-26-19-8-4-3-7-18(19)23(29)25-22(26)15-27-20-9-5-6-10-21(20)28(24(27)30)17-11-12-17/h3-10,16-17H,11-15H2,1-2H3. The number of hydrogen-bond donors (Lipinski definition) is 0. The fourth-order valence-electron chi connectivity index (χ4n) is 4.28. The third-order valence-corrected chi connectivity index (χ3v) is 6.21. The molecule has 0 aliphatic heterocycles. The van der Waals surface area contributed by atoms with Gasteiger partial charge >= 0.3 is 5.69 Å². The molecule has 2 heterocycles. The largest absolute Gasteiger partial charge is 0.382 e. The normalized spacial score (nSPS) is 15.0. The lowest BCUT2D eigenvalue weighted by Crippen LogP contribution is -2.28. The summed E-state index contributed by atoms with van der Waals surface area (Å²) in [6.45, 7) is 2.92. The first-order valence-corrected chi connectivity index (χ1v) is 10.8. The summed E-state index contributed by atoms with van der Waals surface area (Å²) in [5, 5.41) is 0.587. The zero-order valence-electron chi connectivity index (χ0n) is 17.8. The Kier molecular flexibility index (Phi) is 4.98. The zero-order chi connectivity index (χ0) is 21.5. The highest BCUT2D eigenvalue weighted by Gasteiger charge is 2.29. The van der Waals surface area contributed by atoms with E-state index in [-0.39, 0.29) is 29.9 Å². The van der Waals surface area contributed by atoms with Gasteiger partial charge in [-0.1, -0.05) is 24.3 Å². The van der Waals surface area contributed by atoms with Crippen molar-refractivity contribution in [2.24, 2.45) is 0 Å². The molecular weight excluding hydrogens is 392 g/mol. The van der Waals surface area contributed by atoms with Crippen molar-refractivity contribution in [1.29, 1.82) is 0 Å². The first-order chi connectivity index (χ1) is 15.1. The molecular formula is C24H26N4O3. The van der Waals surface area contributed by atoms with Gasteiger partial charge in [0.2, 0.25) is 0 Å². The second kappa shape index (κ2) is 7.81. The average Bonchev–Trinajstić information content (AvgIpc) is 3.58. The molecule has 7 heteroatoms. The van der Waals surface area contributed by atoms with Gasteiger partial charge in [-0.3, -0.25) is 13.9 Å². The van der Waals surface area contributed by atoms with E-state index in [1.54, 1.807) is 17.7 Å². The van der Waals surface area contributed by atoms with Crippen molar-refractivity contribution in [3.05, 3.63) is 75.2 Å². The number of aryl methyl sites for hydroxylation is 1. The molecule has 1 saturated carbocycles. The molecule has 1 atom stereocenters. The van der Waals surface area contributed by atoms with Crippen LogP contribution < -0.4 is 11.2 Å². The lowest BCUT2D eigenvalue weighted by Gasteiger charge is -2.18. The van der Waals surface area contributed by atoms with Gasteiger partial charge in [0.15, 0.2) is 0 Å². The fraction of sp³-hybridized carbons (Fsp3) is 0.375. The molecule has 1 aliphatic rings. The number of methoxy groups -OCH3 is 1. The maximum absolute atomic E-state index is 13.3. The number of imidazole rings is 1. The van der Waals surface area contributed by atoms with Gasteiger partial charge < -0.3 is 9.30 Å². The molecule has 0 bridgehead atoms. The van der Waals surface area contributed by atoms with Gasteiger partial charge in [0.1, 0.15) is 5.82 Å². The van der Waals surface area contributed by atoms with Gasteiger partial charge in [0.05, 0.1) is 34.6 Å². The van der Waals surface area contributed by atoms with E-state index in [0.717, 1.165) is 35.8 Å². The number of para-hydroxylation sites is 3. The van der Waals surface area contributed by atoms with E-state index in [4.69, 9.17) is 4.74 Å². The van der Waals surface area contributed by atoms with Crippen LogP contribution in [0.5, 0.6) is 0 Å². The van der Waals surface area contributed by atoms with Crippen LogP contribution in [0.1, 0.15) is 38.1 Å². The minimum Gasteiger partial charge on any atom is -0.382 e. The Labute approximate surface area is 179 Å². The summed E-state index contributed by atoms with van der Waals surface area (Å²) in [5.41, 5.74) is 2.35. The quantitative estimate of drug-likeness (QED) is 0.462. The third-order valence-electron chi connectivity index (χ3n) is 6.21. The molecule has 0 saturated heterocycles. The Bertz CT molecular complexity index is 1380. The van der Waals surface area contributed by atoms with Gasteiger partial charge in [-0.05, 0) is 50.5 Å². The van der Waals surface area contributed by atoms with Crippen molar-refractivity contribution in [2.45, 2.75) is 51.4 Å². The second-order valence-corrected chi connectivity index (χ2v) is 8.30. The molecule has 7 nitrogen and oxygen atoms in total. The first-order valence-electron chi connectivity index (χ1n) is 10.8. The topological polar surface area (TPSA) is 71.0 Å². The molecule has 2 aromatic heterocycles. The second-order valence-electron chi connectivity index (χ2n) is 8.30. The number of nitrogens with zero attached hydrogens (tertiary/aromatic N) is 4. The minimum absolute atomic E-state index is 0.0390.